The zero-order valence-corrected chi connectivity index (χ0v) is 19.8. The van der Waals surface area contributed by atoms with E-state index in [1.54, 1.807) is 17.4 Å². The molecule has 1 N–H and O–H groups in total. The van der Waals surface area contributed by atoms with Gasteiger partial charge in [0.05, 0.1) is 5.02 Å². The average Bonchev–Trinajstić information content (AvgIpc) is 3.18. The van der Waals surface area contributed by atoms with E-state index in [0.717, 1.165) is 6.42 Å². The highest BCUT2D eigenvalue weighted by molar-refractivity contribution is 7.89. The topological polar surface area (TPSA) is 66.5 Å². The minimum atomic E-state index is -3.75. The summed E-state index contributed by atoms with van der Waals surface area (Å²) in [5.74, 6) is -0.210. The summed E-state index contributed by atoms with van der Waals surface area (Å²) < 4.78 is 28.5. The molecule has 4 rings (SSSR count). The van der Waals surface area contributed by atoms with Gasteiger partial charge in [0.25, 0.3) is 0 Å². The van der Waals surface area contributed by atoms with Crippen LogP contribution in [-0.2, 0) is 21.2 Å². The van der Waals surface area contributed by atoms with Crippen molar-refractivity contribution in [3.63, 3.8) is 0 Å². The van der Waals surface area contributed by atoms with Gasteiger partial charge in [-0.15, -0.1) is 11.3 Å². The van der Waals surface area contributed by atoms with Crippen LogP contribution >= 0.6 is 34.5 Å². The van der Waals surface area contributed by atoms with Gasteiger partial charge in [-0.1, -0.05) is 41.4 Å². The molecule has 0 bridgehead atoms. The normalized spacial score (nSPS) is 15.9. The lowest BCUT2D eigenvalue weighted by atomic mass is 9.97. The number of rotatable bonds is 6. The van der Waals surface area contributed by atoms with E-state index >= 15 is 0 Å². The largest absolute Gasteiger partial charge is 0.356 e. The van der Waals surface area contributed by atoms with E-state index in [4.69, 9.17) is 23.2 Å². The van der Waals surface area contributed by atoms with Crippen molar-refractivity contribution in [3.8, 4) is 0 Å². The fourth-order valence-electron chi connectivity index (χ4n) is 3.86. The molecule has 1 aromatic heterocycles. The first-order valence-corrected chi connectivity index (χ1v) is 13.1. The smallest absolute Gasteiger partial charge is 0.244 e. The predicted molar refractivity (Wildman–Crippen MR) is 126 cm³/mol. The van der Waals surface area contributed by atoms with Gasteiger partial charge in [-0.3, -0.25) is 4.79 Å². The Kier molecular flexibility index (Phi) is 6.89. The summed E-state index contributed by atoms with van der Waals surface area (Å²) in [6.45, 7) is 1.12. The van der Waals surface area contributed by atoms with E-state index < -0.39 is 10.0 Å². The lowest BCUT2D eigenvalue weighted by Crippen LogP contribution is -2.43. The van der Waals surface area contributed by atoms with E-state index in [0.29, 0.717) is 24.4 Å². The maximum atomic E-state index is 12.9. The van der Waals surface area contributed by atoms with Crippen LogP contribution in [-0.4, -0.2) is 38.3 Å². The fourth-order valence-corrected chi connectivity index (χ4v) is 7.07. The number of thiophene rings is 1. The highest BCUT2D eigenvalue weighted by atomic mass is 35.5. The van der Waals surface area contributed by atoms with Gasteiger partial charge in [0.2, 0.25) is 15.9 Å². The van der Waals surface area contributed by atoms with Crippen LogP contribution < -0.4 is 5.32 Å². The molecule has 0 spiro atoms. The maximum absolute atomic E-state index is 12.9. The van der Waals surface area contributed by atoms with Crippen LogP contribution in [0.4, 0.5) is 0 Å². The molecule has 1 aliphatic heterocycles. The van der Waals surface area contributed by atoms with Crippen molar-refractivity contribution >= 4 is 60.6 Å². The van der Waals surface area contributed by atoms with Crippen LogP contribution in [0.3, 0.4) is 0 Å². The molecule has 5 nitrogen and oxygen atoms in total. The van der Waals surface area contributed by atoms with Crippen molar-refractivity contribution in [1.82, 2.24) is 9.62 Å². The van der Waals surface area contributed by atoms with Crippen molar-refractivity contribution in [2.45, 2.75) is 24.2 Å². The zero-order valence-electron chi connectivity index (χ0n) is 16.7. The molecule has 164 valence electrons. The first-order valence-electron chi connectivity index (χ1n) is 10.0. The Morgan fingerprint density at radius 1 is 1.13 bits per heavy atom. The lowest BCUT2D eigenvalue weighted by Gasteiger charge is -2.30. The molecule has 0 atom stereocenters. The Balaban J connectivity index is 1.31. The van der Waals surface area contributed by atoms with E-state index in [1.165, 1.54) is 32.1 Å². The van der Waals surface area contributed by atoms with Crippen LogP contribution in [0.15, 0.2) is 52.7 Å². The van der Waals surface area contributed by atoms with Gasteiger partial charge in [-0.05, 0) is 59.9 Å². The number of nitrogens with zero attached hydrogens (tertiary/aromatic N) is 1. The first kappa shape index (κ1) is 22.6. The Bertz CT molecular complexity index is 1200. The second-order valence-corrected chi connectivity index (χ2v) is 11.2. The standard InChI is InChI=1S/C22H22Cl2N2O3S2/c23-17-5-6-19(24)21(13-17)31(28,29)26-11-8-15(9-12-26)22(27)25-10-7-16-14-30-20-4-2-1-3-18(16)20/h1-6,13-15H,7-12H2,(H,25,27). The zero-order chi connectivity index (χ0) is 22.0. The Morgan fingerprint density at radius 2 is 1.87 bits per heavy atom. The van der Waals surface area contributed by atoms with Crippen molar-refractivity contribution in [3.05, 3.63) is 63.5 Å². The number of hydrogen-bond donors (Lipinski definition) is 1. The van der Waals surface area contributed by atoms with Gasteiger partial charge in [-0.25, -0.2) is 8.42 Å². The molecule has 9 heteroatoms. The van der Waals surface area contributed by atoms with Crippen LogP contribution in [0.2, 0.25) is 10.0 Å². The third-order valence-corrected chi connectivity index (χ3v) is 9.22. The van der Waals surface area contributed by atoms with Crippen LogP contribution in [0.1, 0.15) is 18.4 Å². The number of carbonyl (C=O) groups excluding carboxylic acids is 1. The molecule has 0 radical (unpaired) electrons. The molecule has 2 heterocycles. The predicted octanol–water partition coefficient (Wildman–Crippen LogP) is 4.97. The molecule has 3 aromatic rings. The van der Waals surface area contributed by atoms with Crippen molar-refractivity contribution in [2.24, 2.45) is 5.92 Å². The third-order valence-electron chi connectivity index (χ3n) is 5.59. The number of piperidine rings is 1. The Hall–Kier alpha value is -1.64. The van der Waals surface area contributed by atoms with Gasteiger partial charge < -0.3 is 5.32 Å². The third kappa shape index (κ3) is 4.91. The Morgan fingerprint density at radius 3 is 2.65 bits per heavy atom. The number of fused-ring (bicyclic) bond motifs is 1. The number of hydrogen-bond acceptors (Lipinski definition) is 4. The van der Waals surface area contributed by atoms with Gasteiger partial charge in [-0.2, -0.15) is 4.31 Å². The van der Waals surface area contributed by atoms with Gasteiger partial charge in [0.15, 0.2) is 0 Å². The number of halogens is 2. The van der Waals surface area contributed by atoms with Gasteiger partial charge >= 0.3 is 0 Å². The first-order chi connectivity index (χ1) is 14.9. The molecule has 1 saturated heterocycles. The van der Waals surface area contributed by atoms with Crippen molar-refractivity contribution < 1.29 is 13.2 Å². The van der Waals surface area contributed by atoms with Crippen LogP contribution in [0, 0.1) is 5.92 Å². The van der Waals surface area contributed by atoms with E-state index in [1.807, 2.05) is 12.1 Å². The molecule has 0 saturated carbocycles. The summed E-state index contributed by atoms with van der Waals surface area (Å²) in [6.07, 6.45) is 1.73. The average molecular weight is 497 g/mol. The molecular formula is C22H22Cl2N2O3S2. The van der Waals surface area contributed by atoms with Crippen molar-refractivity contribution in [2.75, 3.05) is 19.6 Å². The Labute approximate surface area is 196 Å². The molecular weight excluding hydrogens is 475 g/mol. The van der Waals surface area contributed by atoms with E-state index in [2.05, 4.69) is 22.8 Å². The molecule has 0 unspecified atom stereocenters. The molecule has 1 amide bonds. The second kappa shape index (κ2) is 9.46. The summed E-state index contributed by atoms with van der Waals surface area (Å²) in [6, 6.07) is 12.6. The van der Waals surface area contributed by atoms with Crippen LogP contribution in [0.5, 0.6) is 0 Å². The van der Waals surface area contributed by atoms with Gasteiger partial charge in [0.1, 0.15) is 4.90 Å². The number of amides is 1. The van der Waals surface area contributed by atoms with Gasteiger partial charge in [0, 0.05) is 35.3 Å². The van der Waals surface area contributed by atoms with Crippen molar-refractivity contribution in [1.29, 1.82) is 0 Å². The van der Waals surface area contributed by atoms with E-state index in [-0.39, 0.29) is 34.8 Å². The molecule has 0 aliphatic carbocycles. The number of nitrogens with one attached hydrogen (secondary N) is 1. The highest BCUT2D eigenvalue weighted by Gasteiger charge is 2.33. The number of carbonyl (C=O) groups is 1. The summed E-state index contributed by atoms with van der Waals surface area (Å²) in [5, 5.41) is 6.85. The van der Waals surface area contributed by atoms with Crippen LogP contribution in [0.25, 0.3) is 10.1 Å². The molecule has 31 heavy (non-hydrogen) atoms. The monoisotopic (exact) mass is 496 g/mol. The molecule has 1 fully saturated rings. The summed E-state index contributed by atoms with van der Waals surface area (Å²) in [5.41, 5.74) is 1.24. The SMILES string of the molecule is O=C(NCCc1csc2ccccc12)C1CCN(S(=O)(=O)c2cc(Cl)ccc2Cl)CC1. The second-order valence-electron chi connectivity index (χ2n) is 7.55. The quantitative estimate of drug-likeness (QED) is 0.523. The molecule has 1 aliphatic rings. The number of sulfonamides is 1. The fraction of sp³-hybridized carbons (Fsp3) is 0.318. The molecule has 2 aromatic carbocycles. The van der Waals surface area contributed by atoms with E-state index in [9.17, 15) is 13.2 Å². The minimum absolute atomic E-state index is 0.00700. The lowest BCUT2D eigenvalue weighted by molar-refractivity contribution is -0.126. The number of benzene rings is 2. The highest BCUT2D eigenvalue weighted by Crippen LogP contribution is 2.30. The summed E-state index contributed by atoms with van der Waals surface area (Å²) in [7, 11) is -3.75. The maximum Gasteiger partial charge on any atom is 0.244 e. The summed E-state index contributed by atoms with van der Waals surface area (Å²) >= 11 is 13.7. The summed E-state index contributed by atoms with van der Waals surface area (Å²) in [4.78, 5) is 12.6. The minimum Gasteiger partial charge on any atom is -0.356 e.